The predicted molar refractivity (Wildman–Crippen MR) is 144 cm³/mol. The third-order valence-electron chi connectivity index (χ3n) is 6.55. The summed E-state index contributed by atoms with van der Waals surface area (Å²) in [6.45, 7) is 4.20. The van der Waals surface area contributed by atoms with Crippen LogP contribution in [-0.2, 0) is 9.59 Å². The van der Waals surface area contributed by atoms with E-state index >= 15 is 0 Å². The third-order valence-corrected chi connectivity index (χ3v) is 6.55. The van der Waals surface area contributed by atoms with Crippen LogP contribution in [0.2, 0.25) is 0 Å². The molecular formula is C31H27NO5. The Morgan fingerprint density at radius 1 is 0.892 bits per heavy atom. The van der Waals surface area contributed by atoms with E-state index in [1.807, 2.05) is 68.4 Å². The van der Waals surface area contributed by atoms with E-state index in [-0.39, 0.29) is 11.3 Å². The molecule has 1 aliphatic heterocycles. The average molecular weight is 494 g/mol. The van der Waals surface area contributed by atoms with Crippen molar-refractivity contribution in [1.29, 1.82) is 0 Å². The minimum Gasteiger partial charge on any atom is -0.507 e. The highest BCUT2D eigenvalue weighted by molar-refractivity contribution is 6.51. The van der Waals surface area contributed by atoms with Crippen LogP contribution in [-0.4, -0.2) is 30.5 Å². The first-order chi connectivity index (χ1) is 17.9. The van der Waals surface area contributed by atoms with Crippen LogP contribution in [0, 0.1) is 6.92 Å². The number of ketones is 1. The summed E-state index contributed by atoms with van der Waals surface area (Å²) in [5.74, 6) is -0.647. The predicted octanol–water partition coefficient (Wildman–Crippen LogP) is 6.18. The highest BCUT2D eigenvalue weighted by Crippen LogP contribution is 2.44. The van der Waals surface area contributed by atoms with Crippen molar-refractivity contribution in [2.75, 3.05) is 18.6 Å². The van der Waals surface area contributed by atoms with Crippen LogP contribution in [0.15, 0.2) is 90.5 Å². The Balaban J connectivity index is 1.74. The van der Waals surface area contributed by atoms with Gasteiger partial charge < -0.3 is 14.6 Å². The van der Waals surface area contributed by atoms with Crippen LogP contribution < -0.4 is 14.4 Å². The number of ether oxygens (including phenoxy) is 2. The monoisotopic (exact) mass is 493 g/mol. The van der Waals surface area contributed by atoms with Gasteiger partial charge in [0.05, 0.1) is 25.3 Å². The number of methoxy groups -OCH3 is 1. The molecular weight excluding hydrogens is 466 g/mol. The fourth-order valence-electron chi connectivity index (χ4n) is 4.82. The van der Waals surface area contributed by atoms with Gasteiger partial charge >= 0.3 is 0 Å². The van der Waals surface area contributed by atoms with Crippen molar-refractivity contribution < 1.29 is 24.2 Å². The van der Waals surface area contributed by atoms with E-state index in [0.717, 1.165) is 16.3 Å². The number of aryl methyl sites for hydroxylation is 1. The first-order valence-electron chi connectivity index (χ1n) is 12.1. The van der Waals surface area contributed by atoms with E-state index in [1.165, 1.54) is 4.90 Å². The van der Waals surface area contributed by atoms with Gasteiger partial charge in [-0.15, -0.1) is 0 Å². The van der Waals surface area contributed by atoms with Gasteiger partial charge in [0, 0.05) is 11.3 Å². The number of aliphatic hydroxyl groups is 1. The summed E-state index contributed by atoms with van der Waals surface area (Å²) in [6.07, 6.45) is 0. The zero-order valence-corrected chi connectivity index (χ0v) is 20.9. The van der Waals surface area contributed by atoms with Crippen LogP contribution in [0.5, 0.6) is 11.5 Å². The molecule has 186 valence electrons. The van der Waals surface area contributed by atoms with Crippen LogP contribution in [0.4, 0.5) is 5.69 Å². The number of benzene rings is 4. The van der Waals surface area contributed by atoms with Crippen molar-refractivity contribution in [3.05, 3.63) is 107 Å². The van der Waals surface area contributed by atoms with Gasteiger partial charge in [-0.3, -0.25) is 14.5 Å². The lowest BCUT2D eigenvalue weighted by Crippen LogP contribution is -2.29. The molecule has 0 spiro atoms. The summed E-state index contributed by atoms with van der Waals surface area (Å²) in [7, 11) is 1.55. The van der Waals surface area contributed by atoms with Crippen LogP contribution in [0.25, 0.3) is 16.5 Å². The molecule has 1 N–H and O–H groups in total. The van der Waals surface area contributed by atoms with Gasteiger partial charge in [0.2, 0.25) is 0 Å². The van der Waals surface area contributed by atoms with Crippen molar-refractivity contribution in [3.8, 4) is 11.5 Å². The first kappa shape index (κ1) is 24.1. The number of hydrogen-bond donors (Lipinski definition) is 1. The van der Waals surface area contributed by atoms with E-state index in [4.69, 9.17) is 9.47 Å². The Morgan fingerprint density at radius 3 is 2.41 bits per heavy atom. The zero-order chi connectivity index (χ0) is 26.1. The lowest BCUT2D eigenvalue weighted by Gasteiger charge is -2.26. The number of nitrogens with zero attached hydrogens (tertiary/aromatic N) is 1. The van der Waals surface area contributed by atoms with E-state index in [2.05, 4.69) is 0 Å². The van der Waals surface area contributed by atoms with Crippen molar-refractivity contribution in [2.45, 2.75) is 19.9 Å². The maximum Gasteiger partial charge on any atom is 0.300 e. The molecule has 0 aromatic heterocycles. The molecule has 0 bridgehead atoms. The SMILES string of the molecule is CCOc1cc(C2/C(=C(\O)c3ccc4ccccc4c3)C(=O)C(=O)N2c2cccc(C)c2)ccc1OC. The third kappa shape index (κ3) is 4.31. The van der Waals surface area contributed by atoms with Gasteiger partial charge in [-0.05, 0) is 66.1 Å². The molecule has 1 fully saturated rings. The quantitative estimate of drug-likeness (QED) is 0.197. The molecule has 0 radical (unpaired) electrons. The van der Waals surface area contributed by atoms with E-state index in [0.29, 0.717) is 34.9 Å². The maximum absolute atomic E-state index is 13.5. The number of amides is 1. The Hall–Kier alpha value is -4.58. The number of fused-ring (bicyclic) bond motifs is 1. The number of anilines is 1. The Morgan fingerprint density at radius 2 is 1.68 bits per heavy atom. The fourth-order valence-corrected chi connectivity index (χ4v) is 4.82. The molecule has 1 aliphatic rings. The number of Topliss-reactive ketones (excluding diaryl/α,β-unsaturated/α-hetero) is 1. The molecule has 1 heterocycles. The summed E-state index contributed by atoms with van der Waals surface area (Å²) in [5, 5.41) is 13.4. The van der Waals surface area contributed by atoms with Gasteiger partial charge in [0.15, 0.2) is 11.5 Å². The minimum absolute atomic E-state index is 0.0226. The summed E-state index contributed by atoms with van der Waals surface area (Å²) in [6, 6.07) is 25.0. The van der Waals surface area contributed by atoms with Crippen molar-refractivity contribution in [1.82, 2.24) is 0 Å². The van der Waals surface area contributed by atoms with Crippen molar-refractivity contribution in [2.24, 2.45) is 0 Å². The molecule has 6 heteroatoms. The lowest BCUT2D eigenvalue weighted by atomic mass is 9.94. The van der Waals surface area contributed by atoms with Crippen LogP contribution >= 0.6 is 0 Å². The number of carbonyl (C=O) groups is 2. The summed E-state index contributed by atoms with van der Waals surface area (Å²) >= 11 is 0. The van der Waals surface area contributed by atoms with Gasteiger partial charge in [-0.1, -0.05) is 54.6 Å². The average Bonchev–Trinajstić information content (AvgIpc) is 3.18. The Kier molecular flexibility index (Phi) is 6.40. The van der Waals surface area contributed by atoms with Crippen LogP contribution in [0.3, 0.4) is 0 Å². The molecule has 1 saturated heterocycles. The highest BCUT2D eigenvalue weighted by atomic mass is 16.5. The van der Waals surface area contributed by atoms with Gasteiger partial charge in [0.1, 0.15) is 5.76 Å². The summed E-state index contributed by atoms with van der Waals surface area (Å²) in [4.78, 5) is 28.4. The Labute approximate surface area is 215 Å². The number of aliphatic hydroxyl groups excluding tert-OH is 1. The van der Waals surface area contributed by atoms with Gasteiger partial charge in [-0.2, -0.15) is 0 Å². The maximum atomic E-state index is 13.5. The molecule has 0 saturated carbocycles. The normalized spacial score (nSPS) is 16.8. The largest absolute Gasteiger partial charge is 0.507 e. The van der Waals surface area contributed by atoms with E-state index in [9.17, 15) is 14.7 Å². The molecule has 5 rings (SSSR count). The molecule has 37 heavy (non-hydrogen) atoms. The summed E-state index contributed by atoms with van der Waals surface area (Å²) in [5.41, 5.74) is 2.61. The molecule has 6 nitrogen and oxygen atoms in total. The molecule has 0 aliphatic carbocycles. The number of hydrogen-bond acceptors (Lipinski definition) is 5. The molecule has 1 atom stereocenters. The molecule has 4 aromatic rings. The smallest absolute Gasteiger partial charge is 0.300 e. The second-order valence-corrected chi connectivity index (χ2v) is 8.91. The molecule has 1 amide bonds. The fraction of sp³-hybridized carbons (Fsp3) is 0.161. The lowest BCUT2D eigenvalue weighted by molar-refractivity contribution is -0.132. The van der Waals surface area contributed by atoms with Crippen LogP contribution in [0.1, 0.15) is 29.7 Å². The van der Waals surface area contributed by atoms with E-state index < -0.39 is 17.7 Å². The van der Waals surface area contributed by atoms with E-state index in [1.54, 1.807) is 37.4 Å². The minimum atomic E-state index is -0.863. The highest BCUT2D eigenvalue weighted by Gasteiger charge is 2.47. The standard InChI is InChI=1S/C31H27NO5/c1-4-37-26-18-22(14-15-25(26)36-3)28-27(29(33)23-13-12-20-9-5-6-10-21(20)17-23)30(34)31(35)32(28)24-11-7-8-19(2)16-24/h5-18,28,33H,4H2,1-3H3/b29-27+. The number of carbonyl (C=O) groups excluding carboxylic acids is 2. The van der Waals surface area contributed by atoms with Gasteiger partial charge in [0.25, 0.3) is 11.7 Å². The second-order valence-electron chi connectivity index (χ2n) is 8.91. The Bertz CT molecular complexity index is 1550. The molecule has 1 unspecified atom stereocenters. The first-order valence-corrected chi connectivity index (χ1v) is 12.1. The molecule has 4 aromatic carbocycles. The topological polar surface area (TPSA) is 76.1 Å². The second kappa shape index (κ2) is 9.82. The van der Waals surface area contributed by atoms with Gasteiger partial charge in [-0.25, -0.2) is 0 Å². The summed E-state index contributed by atoms with van der Waals surface area (Å²) < 4.78 is 11.2. The number of rotatable bonds is 6. The van der Waals surface area contributed by atoms with Crippen molar-refractivity contribution in [3.63, 3.8) is 0 Å². The van der Waals surface area contributed by atoms with Crippen molar-refractivity contribution >= 4 is 33.9 Å². The zero-order valence-electron chi connectivity index (χ0n) is 20.9.